The van der Waals surface area contributed by atoms with Gasteiger partial charge in [0, 0.05) is 71.1 Å². The lowest BCUT2D eigenvalue weighted by Gasteiger charge is -2.37. The van der Waals surface area contributed by atoms with E-state index in [-0.39, 0.29) is 30.1 Å². The summed E-state index contributed by atoms with van der Waals surface area (Å²) in [5, 5.41) is 6.96. The maximum Gasteiger partial charge on any atom is 0.409 e. The predicted octanol–water partition coefficient (Wildman–Crippen LogP) is 2.83. The Kier molecular flexibility index (Phi) is 11.5. The molecule has 0 spiro atoms. The predicted molar refractivity (Wildman–Crippen MR) is 146 cm³/mol. The Bertz CT molecular complexity index is 774. The van der Waals surface area contributed by atoms with Crippen molar-refractivity contribution in [3.63, 3.8) is 0 Å². The first-order valence-corrected chi connectivity index (χ1v) is 11.9. The lowest BCUT2D eigenvalue weighted by atomic mass is 10.1. The minimum atomic E-state index is -0.203. The highest BCUT2D eigenvalue weighted by Gasteiger charge is 2.24. The molecule has 186 valence electrons. The van der Waals surface area contributed by atoms with Crippen molar-refractivity contribution in [3.05, 3.63) is 29.3 Å². The van der Waals surface area contributed by atoms with Gasteiger partial charge in [0.2, 0.25) is 0 Å². The number of benzene rings is 1. The molecule has 0 bridgehead atoms. The number of carbonyl (C=O) groups is 1. The van der Waals surface area contributed by atoms with Gasteiger partial charge in [0.25, 0.3) is 0 Å². The second kappa shape index (κ2) is 13.8. The Labute approximate surface area is 216 Å². The lowest BCUT2D eigenvalue weighted by Crippen LogP contribution is -2.52. The minimum Gasteiger partial charge on any atom is -0.450 e. The Morgan fingerprint density at radius 1 is 1.12 bits per heavy atom. The van der Waals surface area contributed by atoms with E-state index < -0.39 is 0 Å². The smallest absolute Gasteiger partial charge is 0.409 e. The number of aryl methyl sites for hydroxylation is 1. The number of amides is 1. The average Bonchev–Trinajstić information content (AvgIpc) is 2.81. The maximum atomic E-state index is 11.8. The van der Waals surface area contributed by atoms with E-state index in [1.165, 1.54) is 16.8 Å². The van der Waals surface area contributed by atoms with E-state index in [4.69, 9.17) is 4.74 Å². The molecule has 1 amide bonds. The molecule has 1 aromatic carbocycles. The van der Waals surface area contributed by atoms with Gasteiger partial charge in [-0.05, 0) is 50.8 Å². The maximum absolute atomic E-state index is 11.8. The van der Waals surface area contributed by atoms with E-state index in [9.17, 15) is 4.79 Å². The molecule has 2 saturated heterocycles. The number of rotatable bonds is 6. The monoisotopic (exact) mass is 572 g/mol. The third-order valence-corrected chi connectivity index (χ3v) is 6.59. The van der Waals surface area contributed by atoms with Crippen LogP contribution in [-0.4, -0.2) is 93.9 Å². The zero-order valence-corrected chi connectivity index (χ0v) is 22.9. The van der Waals surface area contributed by atoms with Crippen LogP contribution in [0.4, 0.5) is 10.5 Å². The molecule has 8 nitrogen and oxygen atoms in total. The normalized spacial score (nSPS) is 18.0. The molecule has 9 heteroatoms. The highest BCUT2D eigenvalue weighted by molar-refractivity contribution is 14.0. The molecule has 3 rings (SSSR count). The fourth-order valence-corrected chi connectivity index (χ4v) is 4.43. The number of ether oxygens (including phenoxy) is 1. The summed E-state index contributed by atoms with van der Waals surface area (Å²) >= 11 is 0. The topological polar surface area (TPSA) is 72.4 Å². The third kappa shape index (κ3) is 7.91. The van der Waals surface area contributed by atoms with Crippen LogP contribution in [0, 0.1) is 13.8 Å². The largest absolute Gasteiger partial charge is 0.450 e. The Balaban J connectivity index is 0.00000385. The van der Waals surface area contributed by atoms with Gasteiger partial charge >= 0.3 is 6.09 Å². The number of anilines is 1. The number of hydrogen-bond donors (Lipinski definition) is 2. The summed E-state index contributed by atoms with van der Waals surface area (Å²) in [5.74, 6) is 0.841. The van der Waals surface area contributed by atoms with Gasteiger partial charge in [-0.15, -0.1) is 24.0 Å². The van der Waals surface area contributed by atoms with Crippen molar-refractivity contribution in [1.82, 2.24) is 20.4 Å². The Morgan fingerprint density at radius 2 is 1.82 bits per heavy atom. The molecule has 1 aromatic rings. The molecule has 0 aromatic heterocycles. The van der Waals surface area contributed by atoms with E-state index in [2.05, 4.69) is 57.5 Å². The van der Waals surface area contributed by atoms with Gasteiger partial charge in [-0.3, -0.25) is 9.89 Å². The van der Waals surface area contributed by atoms with Crippen LogP contribution in [0.3, 0.4) is 0 Å². The summed E-state index contributed by atoms with van der Waals surface area (Å²) in [6, 6.07) is 6.92. The van der Waals surface area contributed by atoms with Gasteiger partial charge in [0.05, 0.1) is 6.61 Å². The van der Waals surface area contributed by atoms with Crippen molar-refractivity contribution in [2.45, 2.75) is 39.7 Å². The van der Waals surface area contributed by atoms with Crippen molar-refractivity contribution >= 4 is 41.7 Å². The summed E-state index contributed by atoms with van der Waals surface area (Å²) in [5.41, 5.74) is 4.13. The van der Waals surface area contributed by atoms with Crippen molar-refractivity contribution in [2.75, 3.05) is 70.9 Å². The van der Waals surface area contributed by atoms with Crippen LogP contribution >= 0.6 is 24.0 Å². The van der Waals surface area contributed by atoms with E-state index in [0.717, 1.165) is 71.2 Å². The van der Waals surface area contributed by atoms with Crippen LogP contribution in [0.15, 0.2) is 23.2 Å². The zero-order valence-electron chi connectivity index (χ0n) is 20.6. The van der Waals surface area contributed by atoms with E-state index in [1.807, 2.05) is 14.0 Å². The van der Waals surface area contributed by atoms with Gasteiger partial charge in [0.15, 0.2) is 5.96 Å². The van der Waals surface area contributed by atoms with Gasteiger partial charge in [-0.25, -0.2) is 4.79 Å². The minimum absolute atomic E-state index is 0. The SMILES string of the molecule is CCOC(=O)N1CCC(NC(=NC)NCCN2CCN(c3cccc(C)c3C)CC2)CC1.I. The molecular formula is C24H41IN6O2. The number of guanidine groups is 1. The van der Waals surface area contributed by atoms with Gasteiger partial charge < -0.3 is 25.2 Å². The summed E-state index contributed by atoms with van der Waals surface area (Å²) in [6.45, 7) is 14.3. The van der Waals surface area contributed by atoms with Crippen LogP contribution in [0.2, 0.25) is 0 Å². The first-order chi connectivity index (χ1) is 15.5. The summed E-state index contributed by atoms with van der Waals surface area (Å²) in [4.78, 5) is 23.0. The summed E-state index contributed by atoms with van der Waals surface area (Å²) in [7, 11) is 1.81. The third-order valence-electron chi connectivity index (χ3n) is 6.59. The lowest BCUT2D eigenvalue weighted by molar-refractivity contribution is 0.0963. The number of aliphatic imine (C=N–C) groups is 1. The van der Waals surface area contributed by atoms with Crippen molar-refractivity contribution in [3.8, 4) is 0 Å². The number of carbonyl (C=O) groups excluding carboxylic acids is 1. The molecule has 33 heavy (non-hydrogen) atoms. The molecule has 0 radical (unpaired) electrons. The number of piperidine rings is 1. The second-order valence-corrected chi connectivity index (χ2v) is 8.65. The van der Waals surface area contributed by atoms with Crippen molar-refractivity contribution < 1.29 is 9.53 Å². The molecule has 0 saturated carbocycles. The first-order valence-electron chi connectivity index (χ1n) is 11.9. The molecule has 0 atom stereocenters. The number of halogens is 1. The number of likely N-dealkylation sites (tertiary alicyclic amines) is 1. The van der Waals surface area contributed by atoms with Crippen LogP contribution in [-0.2, 0) is 4.74 Å². The molecule has 2 heterocycles. The molecule has 2 aliphatic heterocycles. The van der Waals surface area contributed by atoms with Crippen LogP contribution in [0.5, 0.6) is 0 Å². The highest BCUT2D eigenvalue weighted by Crippen LogP contribution is 2.23. The molecular weight excluding hydrogens is 531 g/mol. The van der Waals surface area contributed by atoms with Crippen molar-refractivity contribution in [1.29, 1.82) is 0 Å². The molecule has 0 aliphatic carbocycles. The standard InChI is InChI=1S/C24H40N6O2.HI/c1-5-32-24(31)30-12-9-21(10-13-30)27-23(25-4)26-11-14-28-15-17-29(18-16-28)22-8-6-7-19(2)20(22)3;/h6-8,21H,5,9-18H2,1-4H3,(H2,25,26,27);1H. The highest BCUT2D eigenvalue weighted by atomic mass is 127. The van der Waals surface area contributed by atoms with Gasteiger partial charge in [-0.1, -0.05) is 12.1 Å². The van der Waals surface area contributed by atoms with Crippen molar-refractivity contribution in [2.24, 2.45) is 4.99 Å². The fraction of sp³-hybridized carbons (Fsp3) is 0.667. The first kappa shape index (κ1) is 27.5. The average molecular weight is 573 g/mol. The van der Waals surface area contributed by atoms with Gasteiger partial charge in [-0.2, -0.15) is 0 Å². The zero-order chi connectivity index (χ0) is 22.9. The number of piperazine rings is 1. The van der Waals surface area contributed by atoms with Crippen LogP contribution in [0.1, 0.15) is 30.9 Å². The van der Waals surface area contributed by atoms with E-state index >= 15 is 0 Å². The quantitative estimate of drug-likeness (QED) is 0.311. The number of nitrogens with one attached hydrogen (secondary N) is 2. The summed E-state index contributed by atoms with van der Waals surface area (Å²) in [6.07, 6.45) is 1.60. The molecule has 2 aliphatic rings. The van der Waals surface area contributed by atoms with E-state index in [1.54, 1.807) is 4.90 Å². The second-order valence-electron chi connectivity index (χ2n) is 8.65. The summed E-state index contributed by atoms with van der Waals surface area (Å²) < 4.78 is 5.10. The van der Waals surface area contributed by atoms with Gasteiger partial charge in [0.1, 0.15) is 0 Å². The van der Waals surface area contributed by atoms with Crippen LogP contribution in [0.25, 0.3) is 0 Å². The van der Waals surface area contributed by atoms with Crippen LogP contribution < -0.4 is 15.5 Å². The van der Waals surface area contributed by atoms with E-state index in [0.29, 0.717) is 12.6 Å². The molecule has 0 unspecified atom stereocenters. The number of hydrogen-bond acceptors (Lipinski definition) is 5. The Hall–Kier alpha value is -1.75. The fourth-order valence-electron chi connectivity index (χ4n) is 4.43. The number of nitrogens with zero attached hydrogens (tertiary/aromatic N) is 4. The Morgan fingerprint density at radius 3 is 2.45 bits per heavy atom. The molecule has 2 N–H and O–H groups in total. The molecule has 2 fully saturated rings.